The number of hydrogen-bond donors (Lipinski definition) is 1. The maximum absolute atomic E-state index is 3.43. The van der Waals surface area contributed by atoms with Crippen molar-refractivity contribution < 1.29 is 0 Å². The zero-order valence-corrected chi connectivity index (χ0v) is 11.2. The van der Waals surface area contributed by atoms with Crippen molar-refractivity contribution in [2.24, 2.45) is 5.92 Å². The predicted molar refractivity (Wildman–Crippen MR) is 69.7 cm³/mol. The van der Waals surface area contributed by atoms with Crippen molar-refractivity contribution >= 4 is 0 Å². The van der Waals surface area contributed by atoms with Gasteiger partial charge in [-0.3, -0.25) is 0 Å². The van der Waals surface area contributed by atoms with Crippen LogP contribution in [0.25, 0.3) is 0 Å². The highest BCUT2D eigenvalue weighted by Crippen LogP contribution is 2.31. The molecule has 0 bridgehead atoms. The molecule has 2 aliphatic rings. The van der Waals surface area contributed by atoms with Gasteiger partial charge in [0.2, 0.25) is 0 Å². The fraction of sp³-hybridized carbons (Fsp3) is 1.00. The van der Waals surface area contributed by atoms with Gasteiger partial charge in [-0.1, -0.05) is 6.92 Å². The van der Waals surface area contributed by atoms with Crippen LogP contribution in [0.1, 0.15) is 51.9 Å². The molecule has 2 aliphatic carbocycles. The van der Waals surface area contributed by atoms with E-state index in [1.54, 1.807) is 0 Å². The molecule has 1 N–H and O–H groups in total. The van der Waals surface area contributed by atoms with Crippen molar-refractivity contribution in [2.45, 2.75) is 70.0 Å². The predicted octanol–water partition coefficient (Wildman–Crippen LogP) is 2.64. The number of hydrogen-bond acceptors (Lipinski definition) is 2. The maximum Gasteiger partial charge on any atom is 0.0110 e. The Morgan fingerprint density at radius 1 is 0.938 bits per heavy atom. The molecular formula is C14H28N2. The smallest absolute Gasteiger partial charge is 0.0110 e. The third kappa shape index (κ3) is 2.78. The average Bonchev–Trinajstić information content (AvgIpc) is 2.77. The van der Waals surface area contributed by atoms with Crippen LogP contribution >= 0.6 is 0 Å². The van der Waals surface area contributed by atoms with Crippen molar-refractivity contribution in [2.75, 3.05) is 14.1 Å². The fourth-order valence-corrected chi connectivity index (χ4v) is 3.54. The Balaban J connectivity index is 1.81. The summed E-state index contributed by atoms with van der Waals surface area (Å²) < 4.78 is 0. The Labute approximate surface area is 101 Å². The van der Waals surface area contributed by atoms with Crippen LogP contribution < -0.4 is 5.32 Å². The van der Waals surface area contributed by atoms with E-state index in [-0.39, 0.29) is 0 Å². The monoisotopic (exact) mass is 224 g/mol. The second-order valence-electron chi connectivity index (χ2n) is 6.03. The van der Waals surface area contributed by atoms with E-state index < -0.39 is 0 Å². The first-order chi connectivity index (χ1) is 7.70. The Bertz CT molecular complexity index is 207. The maximum atomic E-state index is 3.43. The Morgan fingerprint density at radius 3 is 2.12 bits per heavy atom. The summed E-state index contributed by atoms with van der Waals surface area (Å²) in [5, 5.41) is 3.43. The third-order valence-electron chi connectivity index (χ3n) is 4.95. The first-order valence-electron chi connectivity index (χ1n) is 7.10. The van der Waals surface area contributed by atoms with Crippen LogP contribution in [-0.4, -0.2) is 37.1 Å². The second-order valence-corrected chi connectivity index (χ2v) is 6.03. The van der Waals surface area contributed by atoms with E-state index in [0.717, 1.165) is 24.0 Å². The molecule has 2 saturated carbocycles. The van der Waals surface area contributed by atoms with Gasteiger partial charge in [0.05, 0.1) is 0 Å². The zero-order valence-electron chi connectivity index (χ0n) is 11.2. The molecule has 2 atom stereocenters. The third-order valence-corrected chi connectivity index (χ3v) is 4.95. The van der Waals surface area contributed by atoms with Gasteiger partial charge in [-0.15, -0.1) is 0 Å². The lowest BCUT2D eigenvalue weighted by Crippen LogP contribution is -2.41. The molecule has 2 heteroatoms. The first-order valence-corrected chi connectivity index (χ1v) is 7.10. The van der Waals surface area contributed by atoms with Crippen LogP contribution in [0, 0.1) is 5.92 Å². The van der Waals surface area contributed by atoms with Crippen molar-refractivity contribution in [1.82, 2.24) is 10.2 Å². The minimum absolute atomic E-state index is 0.773. The van der Waals surface area contributed by atoms with Gasteiger partial charge in [0.15, 0.2) is 0 Å². The highest BCUT2D eigenvalue weighted by Gasteiger charge is 2.31. The number of nitrogens with zero attached hydrogens (tertiary/aromatic N) is 1. The Kier molecular flexibility index (Phi) is 4.26. The van der Waals surface area contributed by atoms with Gasteiger partial charge >= 0.3 is 0 Å². The molecule has 0 spiro atoms. The van der Waals surface area contributed by atoms with Crippen LogP contribution in [0.4, 0.5) is 0 Å². The van der Waals surface area contributed by atoms with E-state index in [1.165, 1.54) is 44.9 Å². The largest absolute Gasteiger partial charge is 0.317 e. The molecule has 94 valence electrons. The van der Waals surface area contributed by atoms with E-state index in [4.69, 9.17) is 0 Å². The fourth-order valence-electron chi connectivity index (χ4n) is 3.54. The van der Waals surface area contributed by atoms with Gasteiger partial charge in [0.25, 0.3) is 0 Å². The normalized spacial score (nSPS) is 40.5. The van der Waals surface area contributed by atoms with Gasteiger partial charge < -0.3 is 10.2 Å². The molecule has 2 fully saturated rings. The highest BCUT2D eigenvalue weighted by molar-refractivity contribution is 4.88. The first kappa shape index (κ1) is 12.4. The van der Waals surface area contributed by atoms with Crippen LogP contribution in [0.15, 0.2) is 0 Å². The lowest BCUT2D eigenvalue weighted by Gasteiger charge is -2.37. The standard InChI is InChI=1S/C14H28N2/c1-11-4-7-13(8-5-11)16(3)14-9-6-12(10-14)15-2/h11-15H,4-10H2,1-3H3. The topological polar surface area (TPSA) is 15.3 Å². The minimum atomic E-state index is 0.773. The van der Waals surface area contributed by atoms with Crippen LogP contribution in [-0.2, 0) is 0 Å². The van der Waals surface area contributed by atoms with E-state index in [1.807, 2.05) is 0 Å². The summed E-state index contributed by atoms with van der Waals surface area (Å²) in [5.74, 6) is 0.971. The minimum Gasteiger partial charge on any atom is -0.317 e. The quantitative estimate of drug-likeness (QED) is 0.793. The molecule has 0 aromatic carbocycles. The van der Waals surface area contributed by atoms with Crippen LogP contribution in [0.3, 0.4) is 0 Å². The molecule has 0 radical (unpaired) electrons. The van der Waals surface area contributed by atoms with Crippen LogP contribution in [0.5, 0.6) is 0 Å². The summed E-state index contributed by atoms with van der Waals surface area (Å²) in [6.45, 7) is 2.41. The molecule has 16 heavy (non-hydrogen) atoms. The molecule has 0 aliphatic heterocycles. The lowest BCUT2D eigenvalue weighted by molar-refractivity contribution is 0.124. The van der Waals surface area contributed by atoms with Gasteiger partial charge in [-0.05, 0) is 65.0 Å². The Morgan fingerprint density at radius 2 is 1.56 bits per heavy atom. The molecule has 0 aromatic heterocycles. The van der Waals surface area contributed by atoms with Gasteiger partial charge in [-0.25, -0.2) is 0 Å². The molecule has 0 saturated heterocycles. The van der Waals surface area contributed by atoms with Gasteiger partial charge in [-0.2, -0.15) is 0 Å². The van der Waals surface area contributed by atoms with Crippen molar-refractivity contribution in [1.29, 1.82) is 0 Å². The summed E-state index contributed by atoms with van der Waals surface area (Å²) in [5.41, 5.74) is 0. The summed E-state index contributed by atoms with van der Waals surface area (Å²) in [6.07, 6.45) is 9.87. The summed E-state index contributed by atoms with van der Waals surface area (Å²) in [4.78, 5) is 2.70. The lowest BCUT2D eigenvalue weighted by atomic mass is 9.86. The molecular weight excluding hydrogens is 196 g/mol. The molecule has 2 unspecified atom stereocenters. The molecule has 0 heterocycles. The number of rotatable bonds is 3. The highest BCUT2D eigenvalue weighted by atomic mass is 15.2. The Hall–Kier alpha value is -0.0800. The molecule has 2 rings (SSSR count). The summed E-state index contributed by atoms with van der Waals surface area (Å²) in [7, 11) is 4.47. The summed E-state index contributed by atoms with van der Waals surface area (Å²) >= 11 is 0. The van der Waals surface area contributed by atoms with Crippen molar-refractivity contribution in [3.05, 3.63) is 0 Å². The van der Waals surface area contributed by atoms with E-state index in [0.29, 0.717) is 0 Å². The molecule has 0 aromatic rings. The van der Waals surface area contributed by atoms with E-state index in [9.17, 15) is 0 Å². The van der Waals surface area contributed by atoms with Crippen LogP contribution in [0.2, 0.25) is 0 Å². The zero-order chi connectivity index (χ0) is 11.5. The van der Waals surface area contributed by atoms with Crippen molar-refractivity contribution in [3.8, 4) is 0 Å². The van der Waals surface area contributed by atoms with Crippen molar-refractivity contribution in [3.63, 3.8) is 0 Å². The van der Waals surface area contributed by atoms with E-state index in [2.05, 4.69) is 31.2 Å². The molecule has 2 nitrogen and oxygen atoms in total. The van der Waals surface area contributed by atoms with Gasteiger partial charge in [0, 0.05) is 18.1 Å². The van der Waals surface area contributed by atoms with Gasteiger partial charge in [0.1, 0.15) is 0 Å². The SMILES string of the molecule is CNC1CCC(N(C)C2CCC(C)CC2)C1. The number of nitrogens with one attached hydrogen (secondary N) is 1. The summed E-state index contributed by atoms with van der Waals surface area (Å²) in [6, 6.07) is 2.49. The second kappa shape index (κ2) is 5.50. The molecule has 0 amide bonds. The average molecular weight is 224 g/mol. The van der Waals surface area contributed by atoms with E-state index >= 15 is 0 Å².